The quantitative estimate of drug-likeness (QED) is 0.942. The number of fused-ring (bicyclic) bond motifs is 1. The van der Waals surface area contributed by atoms with Crippen LogP contribution in [0.25, 0.3) is 0 Å². The van der Waals surface area contributed by atoms with Crippen molar-refractivity contribution in [1.82, 2.24) is 20.1 Å². The molecule has 2 aromatic heterocycles. The summed E-state index contributed by atoms with van der Waals surface area (Å²) in [5, 5.41) is 7.13. The molecule has 0 spiro atoms. The fraction of sp³-hybridized carbons (Fsp3) is 0.625. The van der Waals surface area contributed by atoms with Crippen LogP contribution in [0.15, 0.2) is 10.5 Å². The van der Waals surface area contributed by atoms with Gasteiger partial charge in [-0.2, -0.15) is 5.10 Å². The van der Waals surface area contributed by atoms with Gasteiger partial charge in [-0.15, -0.1) is 0 Å². The van der Waals surface area contributed by atoms with Crippen molar-refractivity contribution < 1.29 is 9.15 Å². The molecule has 118 valence electrons. The third kappa shape index (κ3) is 2.46. The highest BCUT2D eigenvalue weighted by atomic mass is 16.5. The number of nitrogens with zero attached hydrogens (tertiary/aromatic N) is 3. The number of aromatic amines is 1. The van der Waals surface area contributed by atoms with E-state index in [0.717, 1.165) is 49.2 Å². The molecule has 0 saturated carbocycles. The van der Waals surface area contributed by atoms with Crippen molar-refractivity contribution >= 4 is 0 Å². The van der Waals surface area contributed by atoms with Crippen LogP contribution in [0.1, 0.15) is 41.3 Å². The lowest BCUT2D eigenvalue weighted by Crippen LogP contribution is -2.23. The van der Waals surface area contributed by atoms with E-state index in [9.17, 15) is 0 Å². The fourth-order valence-corrected chi connectivity index (χ4v) is 3.60. The monoisotopic (exact) mass is 302 g/mol. The lowest BCUT2D eigenvalue weighted by atomic mass is 10.0. The Kier molecular flexibility index (Phi) is 3.31. The number of furan rings is 1. The van der Waals surface area contributed by atoms with Gasteiger partial charge in [0, 0.05) is 19.0 Å². The van der Waals surface area contributed by atoms with E-state index >= 15 is 0 Å². The summed E-state index contributed by atoms with van der Waals surface area (Å²) in [6, 6.07) is 2.14. The molecular weight excluding hydrogens is 280 g/mol. The molecule has 4 heterocycles. The van der Waals surface area contributed by atoms with Crippen molar-refractivity contribution in [2.75, 3.05) is 13.1 Å². The molecule has 4 rings (SSSR count). The van der Waals surface area contributed by atoms with E-state index < -0.39 is 0 Å². The molecule has 22 heavy (non-hydrogen) atoms. The van der Waals surface area contributed by atoms with Crippen molar-refractivity contribution in [3.63, 3.8) is 0 Å². The topological polar surface area (TPSA) is 67.2 Å². The number of hydrogen-bond acceptors (Lipinski definition) is 5. The van der Waals surface area contributed by atoms with E-state index in [-0.39, 0.29) is 6.10 Å². The van der Waals surface area contributed by atoms with Gasteiger partial charge in [0.25, 0.3) is 0 Å². The Labute approximate surface area is 129 Å². The number of nitrogens with one attached hydrogen (secondary N) is 1. The highest BCUT2D eigenvalue weighted by Gasteiger charge is 2.43. The highest BCUT2D eigenvalue weighted by Crippen LogP contribution is 2.40. The molecule has 2 fully saturated rings. The summed E-state index contributed by atoms with van der Waals surface area (Å²) in [6.07, 6.45) is 1.35. The third-order valence-corrected chi connectivity index (χ3v) is 4.81. The van der Waals surface area contributed by atoms with Gasteiger partial charge in [0.05, 0.1) is 12.6 Å². The van der Waals surface area contributed by atoms with Crippen molar-refractivity contribution in [1.29, 1.82) is 0 Å². The lowest BCUT2D eigenvalue weighted by Gasteiger charge is -2.16. The van der Waals surface area contributed by atoms with Crippen molar-refractivity contribution in [3.05, 3.63) is 34.8 Å². The van der Waals surface area contributed by atoms with Gasteiger partial charge in [-0.25, -0.2) is 4.98 Å². The SMILES string of the molecule is Cc1nc([C@@H]2C[C@H]3CN(Cc4cc(C)c(C)o4)C[C@H]3O2)n[nH]1. The average Bonchev–Trinajstić information content (AvgIpc) is 3.16. The second-order valence-electron chi connectivity index (χ2n) is 6.58. The van der Waals surface area contributed by atoms with Crippen molar-refractivity contribution in [2.45, 2.75) is 45.9 Å². The maximum absolute atomic E-state index is 6.16. The molecule has 6 heteroatoms. The minimum atomic E-state index is 0.0511. The number of hydrogen-bond donors (Lipinski definition) is 1. The van der Waals surface area contributed by atoms with Crippen LogP contribution in [0.4, 0.5) is 0 Å². The predicted octanol–water partition coefficient (Wildman–Crippen LogP) is 2.28. The Bertz CT molecular complexity index is 644. The van der Waals surface area contributed by atoms with Crippen LogP contribution >= 0.6 is 0 Å². The predicted molar refractivity (Wildman–Crippen MR) is 80.3 cm³/mol. The van der Waals surface area contributed by atoms with Crippen LogP contribution < -0.4 is 0 Å². The molecular formula is C16H22N4O2. The molecule has 0 aliphatic carbocycles. The first kappa shape index (κ1) is 14.0. The standard InChI is InChI=1S/C16H22N4O2/c1-9-4-13(21-10(9)2)7-20-6-12-5-14(22-15(12)8-20)16-17-11(3)18-19-16/h4,12,14-15H,5-8H2,1-3H3,(H,17,18,19)/t12-,14-,15+/m0/s1. The van der Waals surface area contributed by atoms with Gasteiger partial charge in [-0.3, -0.25) is 10.00 Å². The maximum atomic E-state index is 6.16. The van der Waals surface area contributed by atoms with Crippen molar-refractivity contribution in [3.8, 4) is 0 Å². The number of ether oxygens (including phenoxy) is 1. The Hall–Kier alpha value is -1.66. The summed E-state index contributed by atoms with van der Waals surface area (Å²) in [5.74, 6) is 4.29. The van der Waals surface area contributed by atoms with Crippen LogP contribution in [0.3, 0.4) is 0 Å². The zero-order chi connectivity index (χ0) is 15.3. The van der Waals surface area contributed by atoms with Gasteiger partial charge in [-0.1, -0.05) is 0 Å². The molecule has 0 unspecified atom stereocenters. The highest BCUT2D eigenvalue weighted by molar-refractivity contribution is 5.18. The smallest absolute Gasteiger partial charge is 0.179 e. The van der Waals surface area contributed by atoms with Crippen LogP contribution in [0.2, 0.25) is 0 Å². The van der Waals surface area contributed by atoms with Gasteiger partial charge >= 0.3 is 0 Å². The van der Waals surface area contributed by atoms with E-state index in [4.69, 9.17) is 9.15 Å². The van der Waals surface area contributed by atoms with E-state index in [0.29, 0.717) is 12.0 Å². The normalized spacial score (nSPS) is 28.4. The molecule has 3 atom stereocenters. The van der Waals surface area contributed by atoms with Crippen LogP contribution in [0, 0.1) is 26.7 Å². The molecule has 2 saturated heterocycles. The molecule has 2 aromatic rings. The van der Waals surface area contributed by atoms with E-state index in [1.165, 1.54) is 5.56 Å². The molecule has 0 radical (unpaired) electrons. The first-order valence-electron chi connectivity index (χ1n) is 7.91. The van der Waals surface area contributed by atoms with Crippen LogP contribution in [0.5, 0.6) is 0 Å². The molecule has 1 N–H and O–H groups in total. The minimum Gasteiger partial charge on any atom is -0.465 e. The summed E-state index contributed by atoms with van der Waals surface area (Å²) in [7, 11) is 0. The van der Waals surface area contributed by atoms with Gasteiger partial charge in [0.15, 0.2) is 5.82 Å². The zero-order valence-electron chi connectivity index (χ0n) is 13.3. The summed E-state index contributed by atoms with van der Waals surface area (Å²) >= 11 is 0. The zero-order valence-corrected chi connectivity index (χ0v) is 13.3. The average molecular weight is 302 g/mol. The third-order valence-electron chi connectivity index (χ3n) is 4.81. The Morgan fingerprint density at radius 2 is 2.18 bits per heavy atom. The molecule has 0 amide bonds. The summed E-state index contributed by atoms with van der Waals surface area (Å²) < 4.78 is 11.9. The van der Waals surface area contributed by atoms with E-state index in [1.54, 1.807) is 0 Å². The fourth-order valence-electron chi connectivity index (χ4n) is 3.60. The Morgan fingerprint density at radius 3 is 2.82 bits per heavy atom. The molecule has 0 aromatic carbocycles. The van der Waals surface area contributed by atoms with Gasteiger partial charge < -0.3 is 9.15 Å². The maximum Gasteiger partial charge on any atom is 0.179 e. The molecule has 6 nitrogen and oxygen atoms in total. The first-order valence-corrected chi connectivity index (χ1v) is 7.91. The van der Waals surface area contributed by atoms with Crippen LogP contribution in [-0.2, 0) is 11.3 Å². The second kappa shape index (κ2) is 5.21. The van der Waals surface area contributed by atoms with Gasteiger partial charge in [0.2, 0.25) is 0 Å². The minimum absolute atomic E-state index is 0.0511. The number of aryl methyl sites for hydroxylation is 3. The summed E-state index contributed by atoms with van der Waals surface area (Å²) in [4.78, 5) is 6.82. The molecule has 2 aliphatic rings. The number of aromatic nitrogens is 3. The van der Waals surface area contributed by atoms with Gasteiger partial charge in [0.1, 0.15) is 23.4 Å². The van der Waals surface area contributed by atoms with Gasteiger partial charge in [-0.05, 0) is 38.8 Å². The second-order valence-corrected chi connectivity index (χ2v) is 6.58. The first-order chi connectivity index (χ1) is 10.6. The van der Waals surface area contributed by atoms with Crippen LogP contribution in [-0.4, -0.2) is 39.3 Å². The lowest BCUT2D eigenvalue weighted by molar-refractivity contribution is 0.0321. The largest absolute Gasteiger partial charge is 0.465 e. The van der Waals surface area contributed by atoms with E-state index in [1.807, 2.05) is 13.8 Å². The number of rotatable bonds is 3. The molecule has 2 aliphatic heterocycles. The van der Waals surface area contributed by atoms with E-state index in [2.05, 4.69) is 33.1 Å². The summed E-state index contributed by atoms with van der Waals surface area (Å²) in [5.41, 5.74) is 1.23. The molecule has 0 bridgehead atoms. The summed E-state index contributed by atoms with van der Waals surface area (Å²) in [6.45, 7) is 8.92. The number of H-pyrrole nitrogens is 1. The number of likely N-dealkylation sites (tertiary alicyclic amines) is 1. The Morgan fingerprint density at radius 1 is 1.32 bits per heavy atom. The van der Waals surface area contributed by atoms with Crippen molar-refractivity contribution in [2.24, 2.45) is 5.92 Å². The Balaban J connectivity index is 1.37.